The lowest BCUT2D eigenvalue weighted by molar-refractivity contribution is 0.685. The highest BCUT2D eigenvalue weighted by molar-refractivity contribution is 9.10. The van der Waals surface area contributed by atoms with E-state index in [4.69, 9.17) is 0 Å². The Labute approximate surface area is 114 Å². The van der Waals surface area contributed by atoms with Gasteiger partial charge in [0.25, 0.3) is 0 Å². The number of hydrogen-bond donors (Lipinski definition) is 1. The van der Waals surface area contributed by atoms with E-state index < -0.39 is 0 Å². The maximum atomic E-state index is 4.62. The first-order valence-electron chi connectivity index (χ1n) is 5.48. The standard InChI is InChI=1S/C13H15BrN2S/c1-8-9(2)17-13(16-8)12(15-3)10-4-6-11(14)7-5-10/h4-7,12,15H,1-3H3. The quantitative estimate of drug-likeness (QED) is 0.932. The summed E-state index contributed by atoms with van der Waals surface area (Å²) in [4.78, 5) is 5.91. The van der Waals surface area contributed by atoms with Crippen LogP contribution in [0.1, 0.15) is 27.2 Å². The van der Waals surface area contributed by atoms with E-state index in [0.29, 0.717) is 0 Å². The van der Waals surface area contributed by atoms with E-state index in [1.54, 1.807) is 11.3 Å². The summed E-state index contributed by atoms with van der Waals surface area (Å²) in [6.45, 7) is 4.18. The van der Waals surface area contributed by atoms with Crippen LogP contribution in [0.25, 0.3) is 0 Å². The maximum Gasteiger partial charge on any atom is 0.115 e. The van der Waals surface area contributed by atoms with Crippen LogP contribution >= 0.6 is 27.3 Å². The number of halogens is 1. The Kier molecular flexibility index (Phi) is 3.97. The minimum atomic E-state index is 0.181. The molecule has 0 aliphatic heterocycles. The molecule has 1 heterocycles. The number of rotatable bonds is 3. The lowest BCUT2D eigenvalue weighted by Crippen LogP contribution is -2.17. The molecular weight excluding hydrogens is 296 g/mol. The van der Waals surface area contributed by atoms with Crippen LogP contribution in [0.5, 0.6) is 0 Å². The van der Waals surface area contributed by atoms with Crippen molar-refractivity contribution < 1.29 is 0 Å². The second kappa shape index (κ2) is 5.29. The molecule has 0 spiro atoms. The van der Waals surface area contributed by atoms with Gasteiger partial charge in [-0.2, -0.15) is 0 Å². The van der Waals surface area contributed by atoms with Gasteiger partial charge >= 0.3 is 0 Å². The molecular formula is C13H15BrN2S. The fourth-order valence-electron chi connectivity index (χ4n) is 1.71. The molecule has 0 aliphatic rings. The van der Waals surface area contributed by atoms with Crippen molar-refractivity contribution in [1.29, 1.82) is 0 Å². The molecule has 2 rings (SSSR count). The highest BCUT2D eigenvalue weighted by Crippen LogP contribution is 2.28. The number of thiazole rings is 1. The van der Waals surface area contributed by atoms with E-state index in [1.165, 1.54) is 10.4 Å². The van der Waals surface area contributed by atoms with Gasteiger partial charge in [0, 0.05) is 9.35 Å². The van der Waals surface area contributed by atoms with Gasteiger partial charge in [-0.05, 0) is 38.6 Å². The van der Waals surface area contributed by atoms with Crippen molar-refractivity contribution in [2.24, 2.45) is 0 Å². The van der Waals surface area contributed by atoms with Gasteiger partial charge in [-0.1, -0.05) is 28.1 Å². The lowest BCUT2D eigenvalue weighted by Gasteiger charge is -2.13. The third-order valence-electron chi connectivity index (χ3n) is 2.78. The number of aryl methyl sites for hydroxylation is 2. The Hall–Kier alpha value is -0.710. The van der Waals surface area contributed by atoms with Gasteiger partial charge in [0.2, 0.25) is 0 Å². The smallest absolute Gasteiger partial charge is 0.115 e. The van der Waals surface area contributed by atoms with Gasteiger partial charge in [0.05, 0.1) is 11.7 Å². The second-order valence-electron chi connectivity index (χ2n) is 3.97. The van der Waals surface area contributed by atoms with Crippen molar-refractivity contribution in [1.82, 2.24) is 10.3 Å². The number of nitrogens with one attached hydrogen (secondary N) is 1. The molecule has 0 fully saturated rings. The predicted molar refractivity (Wildman–Crippen MR) is 76.6 cm³/mol. The second-order valence-corrected chi connectivity index (χ2v) is 6.12. The molecule has 4 heteroatoms. The number of hydrogen-bond acceptors (Lipinski definition) is 3. The van der Waals surface area contributed by atoms with E-state index in [-0.39, 0.29) is 6.04 Å². The molecule has 0 aliphatic carbocycles. The molecule has 1 N–H and O–H groups in total. The van der Waals surface area contributed by atoms with Crippen molar-refractivity contribution in [2.45, 2.75) is 19.9 Å². The Morgan fingerprint density at radius 3 is 2.35 bits per heavy atom. The van der Waals surface area contributed by atoms with Crippen LogP contribution in [0.4, 0.5) is 0 Å². The Bertz CT molecular complexity index is 485. The van der Waals surface area contributed by atoms with Gasteiger partial charge in [-0.15, -0.1) is 11.3 Å². The molecule has 17 heavy (non-hydrogen) atoms. The van der Waals surface area contributed by atoms with Crippen LogP contribution < -0.4 is 5.32 Å². The molecule has 1 aromatic heterocycles. The fraction of sp³-hybridized carbons (Fsp3) is 0.308. The van der Waals surface area contributed by atoms with E-state index >= 15 is 0 Å². The number of nitrogens with zero attached hydrogens (tertiary/aromatic N) is 1. The Morgan fingerprint density at radius 2 is 1.88 bits per heavy atom. The van der Waals surface area contributed by atoms with Gasteiger partial charge in [-0.25, -0.2) is 4.98 Å². The normalized spacial score (nSPS) is 12.7. The molecule has 0 saturated carbocycles. The SMILES string of the molecule is CNC(c1ccc(Br)cc1)c1nc(C)c(C)s1. The Balaban J connectivity index is 2.36. The van der Waals surface area contributed by atoms with E-state index in [1.807, 2.05) is 7.05 Å². The van der Waals surface area contributed by atoms with Gasteiger partial charge in [0.1, 0.15) is 5.01 Å². The van der Waals surface area contributed by atoms with Crippen LogP contribution in [0.2, 0.25) is 0 Å². The van der Waals surface area contributed by atoms with Crippen molar-refractivity contribution in [3.8, 4) is 0 Å². The first-order valence-corrected chi connectivity index (χ1v) is 7.09. The van der Waals surface area contributed by atoms with Crippen LogP contribution in [0.15, 0.2) is 28.7 Å². The monoisotopic (exact) mass is 310 g/mol. The van der Waals surface area contributed by atoms with Crippen LogP contribution in [0.3, 0.4) is 0 Å². The molecule has 0 amide bonds. The molecule has 2 nitrogen and oxygen atoms in total. The molecule has 1 unspecified atom stereocenters. The van der Waals surface area contributed by atoms with Crippen LogP contribution in [-0.4, -0.2) is 12.0 Å². The van der Waals surface area contributed by atoms with Crippen molar-refractivity contribution >= 4 is 27.3 Å². The summed E-state index contributed by atoms with van der Waals surface area (Å²) in [7, 11) is 1.97. The zero-order chi connectivity index (χ0) is 12.4. The zero-order valence-electron chi connectivity index (χ0n) is 10.1. The minimum Gasteiger partial charge on any atom is -0.307 e. The van der Waals surface area contributed by atoms with Crippen molar-refractivity contribution in [2.75, 3.05) is 7.05 Å². The minimum absolute atomic E-state index is 0.181. The van der Waals surface area contributed by atoms with Crippen molar-refractivity contribution in [3.05, 3.63) is 49.9 Å². The summed E-state index contributed by atoms with van der Waals surface area (Å²) >= 11 is 5.22. The summed E-state index contributed by atoms with van der Waals surface area (Å²) in [6, 6.07) is 8.55. The molecule has 1 atom stereocenters. The van der Waals surface area contributed by atoms with E-state index in [2.05, 4.69) is 64.3 Å². The number of aromatic nitrogens is 1. The van der Waals surface area contributed by atoms with Crippen molar-refractivity contribution in [3.63, 3.8) is 0 Å². The van der Waals surface area contributed by atoms with Crippen LogP contribution in [0, 0.1) is 13.8 Å². The predicted octanol–water partition coefficient (Wildman–Crippen LogP) is 3.83. The molecule has 0 radical (unpaired) electrons. The molecule has 0 saturated heterocycles. The summed E-state index contributed by atoms with van der Waals surface area (Å²) in [6.07, 6.45) is 0. The van der Waals surface area contributed by atoms with E-state index in [0.717, 1.165) is 15.2 Å². The highest BCUT2D eigenvalue weighted by atomic mass is 79.9. The molecule has 1 aromatic carbocycles. The summed E-state index contributed by atoms with van der Waals surface area (Å²) in [5.74, 6) is 0. The first kappa shape index (κ1) is 12.7. The summed E-state index contributed by atoms with van der Waals surface area (Å²) < 4.78 is 1.10. The average Bonchev–Trinajstić information content (AvgIpc) is 2.63. The highest BCUT2D eigenvalue weighted by Gasteiger charge is 2.16. The molecule has 2 aromatic rings. The summed E-state index contributed by atoms with van der Waals surface area (Å²) in [5.41, 5.74) is 2.37. The zero-order valence-corrected chi connectivity index (χ0v) is 12.5. The maximum absolute atomic E-state index is 4.62. The lowest BCUT2D eigenvalue weighted by atomic mass is 10.1. The third kappa shape index (κ3) is 2.76. The molecule has 0 bridgehead atoms. The third-order valence-corrected chi connectivity index (χ3v) is 4.45. The van der Waals surface area contributed by atoms with E-state index in [9.17, 15) is 0 Å². The first-order chi connectivity index (χ1) is 8.11. The number of benzene rings is 1. The topological polar surface area (TPSA) is 24.9 Å². The Morgan fingerprint density at radius 1 is 1.24 bits per heavy atom. The van der Waals surface area contributed by atoms with Gasteiger partial charge < -0.3 is 5.32 Å². The van der Waals surface area contributed by atoms with Gasteiger partial charge in [0.15, 0.2) is 0 Å². The molecule has 90 valence electrons. The largest absolute Gasteiger partial charge is 0.307 e. The van der Waals surface area contributed by atoms with Crippen LogP contribution in [-0.2, 0) is 0 Å². The average molecular weight is 311 g/mol. The summed E-state index contributed by atoms with van der Waals surface area (Å²) in [5, 5.41) is 4.46. The van der Waals surface area contributed by atoms with Gasteiger partial charge in [-0.3, -0.25) is 0 Å². The fourth-order valence-corrected chi connectivity index (χ4v) is 3.03.